The van der Waals surface area contributed by atoms with Gasteiger partial charge in [-0.2, -0.15) is 0 Å². The molecule has 0 aromatic heterocycles. The Morgan fingerprint density at radius 3 is 2.67 bits per heavy atom. The van der Waals surface area contributed by atoms with Crippen LogP contribution in [0.25, 0.3) is 0 Å². The highest BCUT2D eigenvalue weighted by atomic mass is 15.2. The summed E-state index contributed by atoms with van der Waals surface area (Å²) in [6.07, 6.45) is 8.21. The molecule has 0 amide bonds. The van der Waals surface area contributed by atoms with E-state index in [0.717, 1.165) is 12.5 Å². The summed E-state index contributed by atoms with van der Waals surface area (Å²) in [5.41, 5.74) is 3.10. The molecule has 3 rings (SSSR count). The molecular weight excluding hydrogens is 256 g/mol. The van der Waals surface area contributed by atoms with E-state index in [2.05, 4.69) is 48.5 Å². The molecule has 2 heteroatoms. The van der Waals surface area contributed by atoms with Crippen molar-refractivity contribution in [2.24, 2.45) is 5.92 Å². The largest absolute Gasteiger partial charge is 0.309 e. The van der Waals surface area contributed by atoms with Gasteiger partial charge in [0.1, 0.15) is 0 Å². The monoisotopic (exact) mass is 286 g/mol. The summed E-state index contributed by atoms with van der Waals surface area (Å²) < 4.78 is 0. The second kappa shape index (κ2) is 6.93. The first-order valence-electron chi connectivity index (χ1n) is 8.81. The number of hydrogen-bond acceptors (Lipinski definition) is 2. The molecule has 0 saturated heterocycles. The van der Waals surface area contributed by atoms with Crippen LogP contribution in [0.4, 0.5) is 0 Å². The van der Waals surface area contributed by atoms with E-state index in [1.54, 1.807) is 11.1 Å². The molecule has 2 aliphatic rings. The van der Waals surface area contributed by atoms with Crippen molar-refractivity contribution in [2.45, 2.75) is 57.5 Å². The lowest BCUT2D eigenvalue weighted by Crippen LogP contribution is -2.45. The van der Waals surface area contributed by atoms with E-state index in [0.29, 0.717) is 12.1 Å². The maximum atomic E-state index is 3.78. The Hall–Kier alpha value is -0.860. The maximum Gasteiger partial charge on any atom is 0.0480 e. The number of nitrogens with zero attached hydrogens (tertiary/aromatic N) is 1. The van der Waals surface area contributed by atoms with E-state index in [-0.39, 0.29) is 0 Å². The van der Waals surface area contributed by atoms with Crippen LogP contribution in [-0.2, 0) is 6.42 Å². The van der Waals surface area contributed by atoms with Crippen LogP contribution in [0.3, 0.4) is 0 Å². The first-order chi connectivity index (χ1) is 10.3. The van der Waals surface area contributed by atoms with Crippen LogP contribution in [0.15, 0.2) is 24.3 Å². The predicted molar refractivity (Wildman–Crippen MR) is 89.6 cm³/mol. The molecule has 0 aliphatic heterocycles. The fraction of sp³-hybridized carbons (Fsp3) is 0.684. The molecule has 0 heterocycles. The Balaban J connectivity index is 1.80. The quantitative estimate of drug-likeness (QED) is 0.829. The smallest absolute Gasteiger partial charge is 0.0480 e. The van der Waals surface area contributed by atoms with Crippen molar-refractivity contribution < 1.29 is 0 Å². The molecule has 2 atom stereocenters. The molecule has 2 unspecified atom stereocenters. The Bertz CT molecular complexity index is 453. The lowest BCUT2D eigenvalue weighted by molar-refractivity contribution is 0.130. The molecule has 2 aliphatic carbocycles. The minimum Gasteiger partial charge on any atom is -0.309 e. The van der Waals surface area contributed by atoms with Gasteiger partial charge in [-0.05, 0) is 62.7 Å². The van der Waals surface area contributed by atoms with Gasteiger partial charge in [-0.25, -0.2) is 0 Å². The lowest BCUT2D eigenvalue weighted by Gasteiger charge is -2.38. The van der Waals surface area contributed by atoms with E-state index >= 15 is 0 Å². The zero-order chi connectivity index (χ0) is 14.7. The third-order valence-electron chi connectivity index (χ3n) is 5.48. The van der Waals surface area contributed by atoms with E-state index in [4.69, 9.17) is 0 Å². The lowest BCUT2D eigenvalue weighted by atomic mass is 9.84. The average Bonchev–Trinajstić information content (AvgIpc) is 2.63. The van der Waals surface area contributed by atoms with Gasteiger partial charge in [0.05, 0.1) is 0 Å². The van der Waals surface area contributed by atoms with Gasteiger partial charge >= 0.3 is 0 Å². The number of hydrogen-bond donors (Lipinski definition) is 1. The van der Waals surface area contributed by atoms with Crippen molar-refractivity contribution in [3.05, 3.63) is 35.4 Å². The Morgan fingerprint density at radius 1 is 1.14 bits per heavy atom. The summed E-state index contributed by atoms with van der Waals surface area (Å²) in [6, 6.07) is 10.2. The topological polar surface area (TPSA) is 15.3 Å². The van der Waals surface area contributed by atoms with E-state index < -0.39 is 0 Å². The van der Waals surface area contributed by atoms with Gasteiger partial charge in [0.15, 0.2) is 0 Å². The molecule has 0 radical (unpaired) electrons. The summed E-state index contributed by atoms with van der Waals surface area (Å²) in [7, 11) is 2.35. The van der Waals surface area contributed by atoms with Crippen molar-refractivity contribution in [3.8, 4) is 0 Å². The predicted octanol–water partition coefficient (Wildman–Crippen LogP) is 3.77. The molecule has 0 spiro atoms. The summed E-state index contributed by atoms with van der Waals surface area (Å²) in [5.74, 6) is 0.954. The van der Waals surface area contributed by atoms with Crippen molar-refractivity contribution >= 4 is 0 Å². The molecule has 1 aromatic carbocycles. The summed E-state index contributed by atoms with van der Waals surface area (Å²) >= 11 is 0. The number of aryl methyl sites for hydroxylation is 1. The zero-order valence-electron chi connectivity index (χ0n) is 13.6. The fourth-order valence-electron chi connectivity index (χ4n) is 4.10. The molecule has 2 nitrogen and oxygen atoms in total. The van der Waals surface area contributed by atoms with Gasteiger partial charge in [0.2, 0.25) is 0 Å². The Kier molecular flexibility index (Phi) is 4.97. The Morgan fingerprint density at radius 2 is 1.95 bits per heavy atom. The van der Waals surface area contributed by atoms with Gasteiger partial charge in [-0.3, -0.25) is 0 Å². The highest BCUT2D eigenvalue weighted by molar-refractivity contribution is 5.32. The number of nitrogens with one attached hydrogen (secondary N) is 1. The molecule has 1 aromatic rings. The van der Waals surface area contributed by atoms with Gasteiger partial charge in [0.25, 0.3) is 0 Å². The van der Waals surface area contributed by atoms with E-state index in [1.807, 2.05) is 0 Å². The number of likely N-dealkylation sites (N-methyl/N-ethyl adjacent to an activating group) is 2. The summed E-state index contributed by atoms with van der Waals surface area (Å²) in [6.45, 7) is 4.57. The summed E-state index contributed by atoms with van der Waals surface area (Å²) in [5, 5.41) is 3.78. The minimum atomic E-state index is 0.499. The van der Waals surface area contributed by atoms with E-state index in [1.165, 1.54) is 45.1 Å². The normalized spacial score (nSPS) is 26.2. The standard InChI is InChI=1S/C19H30N2/c1-3-20-19-17-12-5-4-10-16(17)11-7-13-18(19)21(2)14-15-8-6-9-15/h4-5,10,12,15,18-20H,3,6-9,11,13-14H2,1-2H3. The van der Waals surface area contributed by atoms with Crippen molar-refractivity contribution in [1.82, 2.24) is 10.2 Å². The highest BCUT2D eigenvalue weighted by Crippen LogP contribution is 2.34. The first-order valence-corrected chi connectivity index (χ1v) is 8.81. The van der Waals surface area contributed by atoms with Gasteiger partial charge in [-0.1, -0.05) is 37.6 Å². The second-order valence-corrected chi connectivity index (χ2v) is 6.93. The van der Waals surface area contributed by atoms with Crippen LogP contribution in [0.5, 0.6) is 0 Å². The third kappa shape index (κ3) is 3.32. The second-order valence-electron chi connectivity index (χ2n) is 6.93. The van der Waals surface area contributed by atoms with Crippen molar-refractivity contribution in [1.29, 1.82) is 0 Å². The van der Waals surface area contributed by atoms with Crippen LogP contribution in [0, 0.1) is 5.92 Å². The first kappa shape index (κ1) is 15.1. The third-order valence-corrected chi connectivity index (χ3v) is 5.48. The van der Waals surface area contributed by atoms with Gasteiger partial charge in [-0.15, -0.1) is 0 Å². The van der Waals surface area contributed by atoms with Crippen LogP contribution in [0.1, 0.15) is 56.2 Å². The van der Waals surface area contributed by atoms with Gasteiger partial charge < -0.3 is 10.2 Å². The van der Waals surface area contributed by atoms with Crippen molar-refractivity contribution in [3.63, 3.8) is 0 Å². The van der Waals surface area contributed by atoms with Crippen molar-refractivity contribution in [2.75, 3.05) is 20.1 Å². The van der Waals surface area contributed by atoms with Crippen LogP contribution >= 0.6 is 0 Å². The zero-order valence-corrected chi connectivity index (χ0v) is 13.6. The van der Waals surface area contributed by atoms with E-state index in [9.17, 15) is 0 Å². The number of benzene rings is 1. The fourth-order valence-corrected chi connectivity index (χ4v) is 4.10. The summed E-state index contributed by atoms with van der Waals surface area (Å²) in [4.78, 5) is 2.65. The molecule has 0 bridgehead atoms. The van der Waals surface area contributed by atoms with Gasteiger partial charge in [0, 0.05) is 18.6 Å². The Labute approximate surface area is 129 Å². The molecule has 116 valence electrons. The maximum absolute atomic E-state index is 3.78. The minimum absolute atomic E-state index is 0.499. The number of fused-ring (bicyclic) bond motifs is 1. The molecule has 1 N–H and O–H groups in total. The SMILES string of the molecule is CCNC1c2ccccc2CCCC1N(C)CC1CCC1. The molecule has 1 saturated carbocycles. The van der Waals surface area contributed by atoms with Crippen LogP contribution in [0.2, 0.25) is 0 Å². The van der Waals surface area contributed by atoms with Crippen LogP contribution < -0.4 is 5.32 Å². The molecular formula is C19H30N2. The van der Waals surface area contributed by atoms with Crippen LogP contribution in [-0.4, -0.2) is 31.1 Å². The average molecular weight is 286 g/mol. The number of rotatable bonds is 5. The highest BCUT2D eigenvalue weighted by Gasteiger charge is 2.31. The molecule has 21 heavy (non-hydrogen) atoms. The molecule has 1 fully saturated rings.